The molecular formula is C18H16N2O4S. The Morgan fingerprint density at radius 2 is 1.96 bits per heavy atom. The molecule has 0 bridgehead atoms. The number of carboxylic acid groups (broad SMARTS) is 1. The molecule has 0 saturated carbocycles. The third-order valence-electron chi connectivity index (χ3n) is 4.06. The lowest BCUT2D eigenvalue weighted by molar-refractivity contribution is -0.140. The highest BCUT2D eigenvalue weighted by Crippen LogP contribution is 2.32. The summed E-state index contributed by atoms with van der Waals surface area (Å²) >= 11 is 0.755. The Bertz CT molecular complexity index is 914. The van der Waals surface area contributed by atoms with Gasteiger partial charge in [-0.15, -0.1) is 0 Å². The number of carbonyl (C=O) groups is 3. The quantitative estimate of drug-likeness (QED) is 0.851. The van der Waals surface area contributed by atoms with Crippen LogP contribution in [0.25, 0.3) is 11.8 Å². The molecule has 25 heavy (non-hydrogen) atoms. The Hall–Kier alpha value is -2.80. The number of imide groups is 1. The topological polar surface area (TPSA) is 79.6 Å². The number of aliphatic carboxylic acids is 1. The van der Waals surface area contributed by atoms with Crippen molar-refractivity contribution < 1.29 is 19.5 Å². The molecule has 2 heterocycles. The second kappa shape index (κ2) is 6.60. The Labute approximate surface area is 148 Å². The van der Waals surface area contributed by atoms with Crippen molar-refractivity contribution in [3.63, 3.8) is 0 Å². The zero-order valence-electron chi connectivity index (χ0n) is 13.7. The van der Waals surface area contributed by atoms with E-state index in [-0.39, 0.29) is 4.91 Å². The predicted octanol–water partition coefficient (Wildman–Crippen LogP) is 3.22. The van der Waals surface area contributed by atoms with E-state index < -0.39 is 23.7 Å². The van der Waals surface area contributed by atoms with Gasteiger partial charge in [0.1, 0.15) is 6.54 Å². The third-order valence-corrected chi connectivity index (χ3v) is 4.97. The number of hydrogen-bond acceptors (Lipinski definition) is 4. The monoisotopic (exact) mass is 356 g/mol. The first-order chi connectivity index (χ1) is 11.9. The van der Waals surface area contributed by atoms with Crippen LogP contribution in [0.3, 0.4) is 0 Å². The summed E-state index contributed by atoms with van der Waals surface area (Å²) in [6, 6.07) is 9.67. The van der Waals surface area contributed by atoms with E-state index in [1.165, 1.54) is 0 Å². The highest BCUT2D eigenvalue weighted by Gasteiger charge is 2.36. The van der Waals surface area contributed by atoms with Crippen LogP contribution in [0.5, 0.6) is 0 Å². The molecule has 1 aromatic carbocycles. The average molecular weight is 356 g/mol. The number of benzene rings is 1. The van der Waals surface area contributed by atoms with Crippen molar-refractivity contribution in [2.75, 3.05) is 6.54 Å². The molecule has 1 aliphatic rings. The first-order valence-corrected chi connectivity index (χ1v) is 8.41. The average Bonchev–Trinajstić information content (AvgIpc) is 3.10. The Morgan fingerprint density at radius 3 is 2.68 bits per heavy atom. The molecule has 2 aromatic rings. The van der Waals surface area contributed by atoms with E-state index in [9.17, 15) is 14.4 Å². The number of carboxylic acids is 1. The van der Waals surface area contributed by atoms with Gasteiger partial charge in [-0.25, -0.2) is 0 Å². The first kappa shape index (κ1) is 17.0. The largest absolute Gasteiger partial charge is 0.480 e. The molecule has 1 aromatic heterocycles. The molecule has 2 amide bonds. The summed E-state index contributed by atoms with van der Waals surface area (Å²) in [4.78, 5) is 35.9. The van der Waals surface area contributed by atoms with Gasteiger partial charge in [0.15, 0.2) is 0 Å². The van der Waals surface area contributed by atoms with Crippen LogP contribution in [0.1, 0.15) is 16.8 Å². The fourth-order valence-corrected chi connectivity index (χ4v) is 3.46. The number of aromatic nitrogens is 1. The van der Waals surface area contributed by atoms with Crippen molar-refractivity contribution in [3.05, 3.63) is 58.3 Å². The summed E-state index contributed by atoms with van der Waals surface area (Å²) < 4.78 is 1.94. The minimum absolute atomic E-state index is 0.219. The van der Waals surface area contributed by atoms with E-state index in [2.05, 4.69) is 0 Å². The van der Waals surface area contributed by atoms with Gasteiger partial charge in [0.2, 0.25) is 0 Å². The van der Waals surface area contributed by atoms with Gasteiger partial charge in [0.05, 0.1) is 4.91 Å². The number of amides is 2. The standard InChI is InChI=1S/C18H16N2O4S/c1-11-5-3-7-14(12(11)2)19-8-4-6-13(19)9-15-17(23)20(10-16(21)22)18(24)25-15/h3-9H,10H2,1-2H3,(H,21,22)/b15-9+. The molecule has 0 unspecified atom stereocenters. The van der Waals surface area contributed by atoms with Crippen molar-refractivity contribution in [2.45, 2.75) is 13.8 Å². The van der Waals surface area contributed by atoms with Gasteiger partial charge in [-0.3, -0.25) is 19.3 Å². The van der Waals surface area contributed by atoms with Crippen molar-refractivity contribution in [1.82, 2.24) is 9.47 Å². The Morgan fingerprint density at radius 1 is 1.20 bits per heavy atom. The predicted molar refractivity (Wildman–Crippen MR) is 95.6 cm³/mol. The minimum atomic E-state index is -1.22. The second-order valence-electron chi connectivity index (χ2n) is 5.68. The normalized spacial score (nSPS) is 16.1. The summed E-state index contributed by atoms with van der Waals surface area (Å²) in [5.74, 6) is -1.80. The lowest BCUT2D eigenvalue weighted by Gasteiger charge is -2.12. The number of thioether (sulfide) groups is 1. The zero-order valence-corrected chi connectivity index (χ0v) is 14.5. The number of carbonyl (C=O) groups excluding carboxylic acids is 2. The maximum absolute atomic E-state index is 12.3. The molecule has 7 heteroatoms. The van der Waals surface area contributed by atoms with Crippen LogP contribution in [0.15, 0.2) is 41.4 Å². The molecule has 0 radical (unpaired) electrons. The van der Waals surface area contributed by atoms with Crippen LogP contribution < -0.4 is 0 Å². The number of hydrogen-bond donors (Lipinski definition) is 1. The molecule has 0 spiro atoms. The molecule has 0 atom stereocenters. The molecule has 1 N–H and O–H groups in total. The lowest BCUT2D eigenvalue weighted by Crippen LogP contribution is -2.33. The van der Waals surface area contributed by atoms with Gasteiger partial charge in [0.25, 0.3) is 11.1 Å². The fraction of sp³-hybridized carbons (Fsp3) is 0.167. The van der Waals surface area contributed by atoms with Gasteiger partial charge in [-0.1, -0.05) is 12.1 Å². The molecule has 0 aliphatic carbocycles. The number of rotatable bonds is 4. The van der Waals surface area contributed by atoms with Crippen molar-refractivity contribution in [3.8, 4) is 5.69 Å². The molecular weight excluding hydrogens is 340 g/mol. The molecule has 3 rings (SSSR count). The van der Waals surface area contributed by atoms with Crippen LogP contribution in [0.4, 0.5) is 4.79 Å². The Balaban J connectivity index is 1.98. The van der Waals surface area contributed by atoms with Gasteiger partial charge < -0.3 is 9.67 Å². The van der Waals surface area contributed by atoms with Crippen LogP contribution in [-0.4, -0.2) is 38.2 Å². The van der Waals surface area contributed by atoms with E-state index in [0.29, 0.717) is 0 Å². The fourth-order valence-electron chi connectivity index (χ4n) is 2.63. The maximum atomic E-state index is 12.3. The van der Waals surface area contributed by atoms with Gasteiger partial charge in [-0.2, -0.15) is 0 Å². The maximum Gasteiger partial charge on any atom is 0.323 e. The minimum Gasteiger partial charge on any atom is -0.480 e. The SMILES string of the molecule is Cc1cccc(-n2cccc2/C=C2/SC(=O)N(CC(=O)O)C2=O)c1C. The summed E-state index contributed by atoms with van der Waals surface area (Å²) in [6.07, 6.45) is 3.50. The van der Waals surface area contributed by atoms with Gasteiger partial charge in [-0.05, 0) is 61.0 Å². The third kappa shape index (κ3) is 3.23. The second-order valence-corrected chi connectivity index (χ2v) is 6.68. The van der Waals surface area contributed by atoms with Crippen LogP contribution in [-0.2, 0) is 9.59 Å². The molecule has 128 valence electrons. The van der Waals surface area contributed by atoms with Crippen LogP contribution in [0, 0.1) is 13.8 Å². The number of nitrogens with zero attached hydrogens (tertiary/aromatic N) is 2. The molecule has 6 nitrogen and oxygen atoms in total. The van der Waals surface area contributed by atoms with Crippen molar-refractivity contribution in [2.24, 2.45) is 0 Å². The van der Waals surface area contributed by atoms with Gasteiger partial charge in [0, 0.05) is 17.6 Å². The summed E-state index contributed by atoms with van der Waals surface area (Å²) in [6.45, 7) is 3.43. The lowest BCUT2D eigenvalue weighted by atomic mass is 10.1. The van der Waals surface area contributed by atoms with E-state index in [1.807, 2.05) is 54.9 Å². The Kier molecular flexibility index (Phi) is 4.50. The van der Waals surface area contributed by atoms with Crippen LogP contribution in [0.2, 0.25) is 0 Å². The number of aryl methyl sites for hydroxylation is 1. The summed E-state index contributed by atoms with van der Waals surface area (Å²) in [5.41, 5.74) is 4.00. The molecule has 1 saturated heterocycles. The van der Waals surface area contributed by atoms with Crippen LogP contribution >= 0.6 is 11.8 Å². The van der Waals surface area contributed by atoms with E-state index in [0.717, 1.165) is 39.2 Å². The van der Waals surface area contributed by atoms with Gasteiger partial charge >= 0.3 is 5.97 Å². The zero-order chi connectivity index (χ0) is 18.1. The summed E-state index contributed by atoms with van der Waals surface area (Å²) in [5, 5.41) is 8.26. The summed E-state index contributed by atoms with van der Waals surface area (Å²) in [7, 11) is 0. The molecule has 1 fully saturated rings. The highest BCUT2D eigenvalue weighted by molar-refractivity contribution is 8.18. The van der Waals surface area contributed by atoms with E-state index >= 15 is 0 Å². The smallest absolute Gasteiger partial charge is 0.323 e. The molecule has 1 aliphatic heterocycles. The highest BCUT2D eigenvalue weighted by atomic mass is 32.2. The van der Waals surface area contributed by atoms with E-state index in [4.69, 9.17) is 5.11 Å². The first-order valence-electron chi connectivity index (χ1n) is 7.59. The van der Waals surface area contributed by atoms with E-state index in [1.54, 1.807) is 6.08 Å². The van der Waals surface area contributed by atoms with Crippen molar-refractivity contribution >= 4 is 35.0 Å². The van der Waals surface area contributed by atoms with Crippen molar-refractivity contribution in [1.29, 1.82) is 0 Å².